The molecule has 0 aliphatic rings. The number of benzene rings is 1. The van der Waals surface area contributed by atoms with Crippen molar-refractivity contribution in [3.63, 3.8) is 0 Å². The average molecular weight is 272 g/mol. The molecule has 18 heavy (non-hydrogen) atoms. The molecule has 0 aliphatic carbocycles. The van der Waals surface area contributed by atoms with Crippen molar-refractivity contribution >= 4 is 17.5 Å². The number of ether oxygens (including phenoxy) is 2. The highest BCUT2D eigenvalue weighted by Gasteiger charge is 2.14. The molecule has 5 heteroatoms. The Morgan fingerprint density at radius 3 is 2.61 bits per heavy atom. The zero-order chi connectivity index (χ0) is 13.5. The summed E-state index contributed by atoms with van der Waals surface area (Å²) < 4.78 is 10.3. The molecule has 4 nitrogen and oxygen atoms in total. The minimum absolute atomic E-state index is 0.161. The van der Waals surface area contributed by atoms with E-state index in [0.29, 0.717) is 28.6 Å². The lowest BCUT2D eigenvalue weighted by Crippen LogP contribution is -2.24. The lowest BCUT2D eigenvalue weighted by atomic mass is 10.2. The highest BCUT2D eigenvalue weighted by Crippen LogP contribution is 2.35. The monoisotopic (exact) mass is 271 g/mol. The lowest BCUT2D eigenvalue weighted by Gasteiger charge is -2.11. The van der Waals surface area contributed by atoms with Crippen molar-refractivity contribution in [2.45, 2.75) is 19.8 Å². The number of hydrogen-bond acceptors (Lipinski definition) is 3. The van der Waals surface area contributed by atoms with Crippen LogP contribution in [0.4, 0.5) is 0 Å². The van der Waals surface area contributed by atoms with Crippen LogP contribution in [-0.2, 0) is 0 Å². The third-order valence-corrected chi connectivity index (χ3v) is 2.79. The number of nitrogens with one attached hydrogen (secondary N) is 1. The van der Waals surface area contributed by atoms with E-state index in [1.165, 1.54) is 14.2 Å². The third kappa shape index (κ3) is 3.53. The van der Waals surface area contributed by atoms with Crippen molar-refractivity contribution in [1.82, 2.24) is 5.32 Å². The molecule has 1 aromatic rings. The molecule has 0 heterocycles. The number of hydrogen-bond donors (Lipinski definition) is 1. The Balaban J connectivity index is 2.90. The van der Waals surface area contributed by atoms with Crippen LogP contribution in [0.2, 0.25) is 5.02 Å². The molecule has 1 N–H and O–H groups in total. The van der Waals surface area contributed by atoms with Crippen molar-refractivity contribution in [3.05, 3.63) is 22.7 Å². The maximum Gasteiger partial charge on any atom is 0.251 e. The predicted octanol–water partition coefficient (Wildman–Crippen LogP) is 2.89. The van der Waals surface area contributed by atoms with Gasteiger partial charge in [0.2, 0.25) is 0 Å². The fourth-order valence-corrected chi connectivity index (χ4v) is 1.82. The molecule has 1 rings (SSSR count). The molecule has 0 saturated heterocycles. The van der Waals surface area contributed by atoms with Gasteiger partial charge in [0.25, 0.3) is 5.91 Å². The van der Waals surface area contributed by atoms with Gasteiger partial charge in [0.05, 0.1) is 19.2 Å². The molecule has 0 fully saturated rings. The summed E-state index contributed by atoms with van der Waals surface area (Å²) in [4.78, 5) is 11.9. The molecule has 100 valence electrons. The zero-order valence-electron chi connectivity index (χ0n) is 10.9. The highest BCUT2D eigenvalue weighted by molar-refractivity contribution is 6.32. The molecule has 0 unspecified atom stereocenters. The Morgan fingerprint density at radius 2 is 2.06 bits per heavy atom. The molecule has 0 aromatic heterocycles. The summed E-state index contributed by atoms with van der Waals surface area (Å²) in [6, 6.07) is 3.19. The summed E-state index contributed by atoms with van der Waals surface area (Å²) >= 11 is 6.03. The van der Waals surface area contributed by atoms with Crippen molar-refractivity contribution in [2.75, 3.05) is 20.8 Å². The average Bonchev–Trinajstić information content (AvgIpc) is 2.37. The number of unbranched alkanes of at least 4 members (excludes halogenated alkanes) is 1. The van der Waals surface area contributed by atoms with E-state index >= 15 is 0 Å². The molecule has 1 amide bonds. The molecule has 0 atom stereocenters. The molecule has 0 bridgehead atoms. The van der Waals surface area contributed by atoms with Crippen molar-refractivity contribution < 1.29 is 14.3 Å². The highest BCUT2D eigenvalue weighted by atomic mass is 35.5. The van der Waals surface area contributed by atoms with Crippen LogP contribution in [0.15, 0.2) is 12.1 Å². The van der Waals surface area contributed by atoms with E-state index in [9.17, 15) is 4.79 Å². The quantitative estimate of drug-likeness (QED) is 0.810. The van der Waals surface area contributed by atoms with Gasteiger partial charge in [-0.25, -0.2) is 0 Å². The molecular weight excluding hydrogens is 254 g/mol. The SMILES string of the molecule is CCCCNC(=O)c1cc(Cl)c(OC)c(OC)c1. The first-order chi connectivity index (χ1) is 8.63. The molecule has 1 aromatic carbocycles. The second kappa shape index (κ2) is 7.11. The molecule has 0 aliphatic heterocycles. The number of amides is 1. The van der Waals surface area contributed by atoms with Crippen LogP contribution in [-0.4, -0.2) is 26.7 Å². The first-order valence-corrected chi connectivity index (χ1v) is 6.21. The summed E-state index contributed by atoms with van der Waals surface area (Å²) in [5, 5.41) is 3.18. The van der Waals surface area contributed by atoms with Crippen LogP contribution in [0.25, 0.3) is 0 Å². The van der Waals surface area contributed by atoms with Crippen LogP contribution in [0.5, 0.6) is 11.5 Å². The number of carbonyl (C=O) groups excluding carboxylic acids is 1. The molecule has 0 saturated carbocycles. The largest absolute Gasteiger partial charge is 0.493 e. The van der Waals surface area contributed by atoms with Gasteiger partial charge >= 0.3 is 0 Å². The number of rotatable bonds is 6. The standard InChI is InChI=1S/C13H18ClNO3/c1-4-5-6-15-13(16)9-7-10(14)12(18-3)11(8-9)17-2/h7-8H,4-6H2,1-3H3,(H,15,16). The van der Waals surface area contributed by atoms with Gasteiger partial charge in [-0.05, 0) is 18.6 Å². The summed E-state index contributed by atoms with van der Waals surface area (Å²) in [5.74, 6) is 0.723. The van der Waals surface area contributed by atoms with Crippen LogP contribution in [0, 0.1) is 0 Å². The Morgan fingerprint density at radius 1 is 1.33 bits per heavy atom. The van der Waals surface area contributed by atoms with Gasteiger partial charge < -0.3 is 14.8 Å². The number of halogens is 1. The van der Waals surface area contributed by atoms with Gasteiger partial charge in [0.1, 0.15) is 0 Å². The summed E-state index contributed by atoms with van der Waals surface area (Å²) in [6.07, 6.45) is 1.99. The van der Waals surface area contributed by atoms with E-state index in [1.807, 2.05) is 0 Å². The summed E-state index contributed by atoms with van der Waals surface area (Å²) in [6.45, 7) is 2.72. The van der Waals surface area contributed by atoms with Crippen molar-refractivity contribution in [1.29, 1.82) is 0 Å². The van der Waals surface area contributed by atoms with Gasteiger partial charge in [-0.1, -0.05) is 24.9 Å². The van der Waals surface area contributed by atoms with Gasteiger partial charge in [-0.2, -0.15) is 0 Å². The number of carbonyl (C=O) groups is 1. The van der Waals surface area contributed by atoms with E-state index in [4.69, 9.17) is 21.1 Å². The van der Waals surface area contributed by atoms with E-state index in [1.54, 1.807) is 12.1 Å². The molecular formula is C13H18ClNO3. The van der Waals surface area contributed by atoms with Crippen LogP contribution >= 0.6 is 11.6 Å². The fourth-order valence-electron chi connectivity index (χ4n) is 1.53. The lowest BCUT2D eigenvalue weighted by molar-refractivity contribution is 0.0952. The van der Waals surface area contributed by atoms with E-state index in [0.717, 1.165) is 12.8 Å². The van der Waals surface area contributed by atoms with Gasteiger partial charge in [0, 0.05) is 12.1 Å². The van der Waals surface area contributed by atoms with Gasteiger partial charge in [0.15, 0.2) is 11.5 Å². The minimum Gasteiger partial charge on any atom is -0.493 e. The Labute approximate surface area is 112 Å². The van der Waals surface area contributed by atoms with E-state index in [2.05, 4.69) is 12.2 Å². The second-order valence-electron chi connectivity index (χ2n) is 3.80. The predicted molar refractivity (Wildman–Crippen MR) is 71.8 cm³/mol. The Bertz CT molecular complexity index is 421. The topological polar surface area (TPSA) is 47.6 Å². The zero-order valence-corrected chi connectivity index (χ0v) is 11.6. The fraction of sp³-hybridized carbons (Fsp3) is 0.462. The second-order valence-corrected chi connectivity index (χ2v) is 4.21. The maximum absolute atomic E-state index is 11.9. The molecule has 0 spiro atoms. The summed E-state index contributed by atoms with van der Waals surface area (Å²) in [5.41, 5.74) is 0.466. The Hall–Kier alpha value is -1.42. The normalized spacial score (nSPS) is 10.0. The van der Waals surface area contributed by atoms with Crippen molar-refractivity contribution in [2.24, 2.45) is 0 Å². The number of methoxy groups -OCH3 is 2. The van der Waals surface area contributed by atoms with Crippen LogP contribution in [0.1, 0.15) is 30.1 Å². The summed E-state index contributed by atoms with van der Waals surface area (Å²) in [7, 11) is 3.01. The Kier molecular flexibility index (Phi) is 5.78. The first kappa shape index (κ1) is 14.6. The van der Waals surface area contributed by atoms with E-state index < -0.39 is 0 Å². The minimum atomic E-state index is -0.161. The smallest absolute Gasteiger partial charge is 0.251 e. The van der Waals surface area contributed by atoms with Crippen LogP contribution < -0.4 is 14.8 Å². The third-order valence-electron chi connectivity index (χ3n) is 2.51. The van der Waals surface area contributed by atoms with Gasteiger partial charge in [-0.3, -0.25) is 4.79 Å². The van der Waals surface area contributed by atoms with E-state index in [-0.39, 0.29) is 5.91 Å². The van der Waals surface area contributed by atoms with Gasteiger partial charge in [-0.15, -0.1) is 0 Å². The first-order valence-electron chi connectivity index (χ1n) is 5.83. The van der Waals surface area contributed by atoms with Crippen LogP contribution in [0.3, 0.4) is 0 Å². The molecule has 0 radical (unpaired) electrons. The maximum atomic E-state index is 11.9. The van der Waals surface area contributed by atoms with Crippen molar-refractivity contribution in [3.8, 4) is 11.5 Å².